The largest absolute Gasteiger partial charge is 0.325 e. The first-order valence-corrected chi connectivity index (χ1v) is 10.6. The highest BCUT2D eigenvalue weighted by atomic mass is 32.1. The van der Waals surface area contributed by atoms with Gasteiger partial charge in [-0.1, -0.05) is 60.7 Å². The SMILES string of the molecule is O=C1NC(Cc2ccccc2)(c2ccccc2)C(=O)N1Cc1cc(=O)n2ccsc2n1. The Morgan fingerprint density at radius 3 is 2.42 bits per heavy atom. The van der Waals surface area contributed by atoms with Crippen molar-refractivity contribution in [1.82, 2.24) is 19.6 Å². The third-order valence-electron chi connectivity index (χ3n) is 5.43. The van der Waals surface area contributed by atoms with Crippen molar-refractivity contribution in [3.05, 3.63) is 105 Å². The van der Waals surface area contributed by atoms with Crippen LogP contribution in [0.25, 0.3) is 4.96 Å². The number of rotatable bonds is 5. The normalized spacial score (nSPS) is 18.5. The van der Waals surface area contributed by atoms with E-state index in [0.29, 0.717) is 22.6 Å². The van der Waals surface area contributed by atoms with Crippen molar-refractivity contribution in [2.24, 2.45) is 0 Å². The number of fused-ring (bicyclic) bond motifs is 1. The van der Waals surface area contributed by atoms with Gasteiger partial charge in [-0.15, -0.1) is 11.3 Å². The molecule has 0 saturated carbocycles. The summed E-state index contributed by atoms with van der Waals surface area (Å²) in [5.41, 5.74) is 0.549. The fourth-order valence-electron chi connectivity index (χ4n) is 3.94. The van der Waals surface area contributed by atoms with Gasteiger partial charge in [-0.2, -0.15) is 0 Å². The molecule has 1 fully saturated rings. The zero-order valence-electron chi connectivity index (χ0n) is 16.4. The zero-order valence-corrected chi connectivity index (χ0v) is 17.2. The molecule has 3 heterocycles. The van der Waals surface area contributed by atoms with Gasteiger partial charge in [-0.25, -0.2) is 9.78 Å². The molecule has 2 aromatic carbocycles. The molecule has 2 aromatic heterocycles. The van der Waals surface area contributed by atoms with Crippen LogP contribution in [-0.2, 0) is 23.3 Å². The molecule has 1 saturated heterocycles. The summed E-state index contributed by atoms with van der Waals surface area (Å²) in [5.74, 6) is -0.360. The first-order chi connectivity index (χ1) is 15.1. The van der Waals surface area contributed by atoms with E-state index in [2.05, 4.69) is 10.3 Å². The summed E-state index contributed by atoms with van der Waals surface area (Å²) in [6.07, 6.45) is 1.96. The average molecular weight is 430 g/mol. The van der Waals surface area contributed by atoms with Crippen LogP contribution in [-0.4, -0.2) is 26.2 Å². The molecule has 0 aliphatic carbocycles. The number of aromatic nitrogens is 2. The Balaban J connectivity index is 1.53. The third kappa shape index (κ3) is 3.30. The van der Waals surface area contributed by atoms with Crippen molar-refractivity contribution in [3.63, 3.8) is 0 Å². The molecule has 0 bridgehead atoms. The molecule has 1 N–H and O–H groups in total. The van der Waals surface area contributed by atoms with Gasteiger partial charge in [0.05, 0.1) is 12.2 Å². The zero-order chi connectivity index (χ0) is 21.4. The summed E-state index contributed by atoms with van der Waals surface area (Å²) in [6, 6.07) is 19.7. The Hall–Kier alpha value is -3.78. The smallest absolute Gasteiger partial charge is 0.319 e. The van der Waals surface area contributed by atoms with Gasteiger partial charge < -0.3 is 5.32 Å². The Morgan fingerprint density at radius 1 is 0.968 bits per heavy atom. The van der Waals surface area contributed by atoms with Gasteiger partial charge in [0.15, 0.2) is 10.5 Å². The lowest BCUT2D eigenvalue weighted by atomic mass is 9.83. The molecule has 1 aliphatic heterocycles. The lowest BCUT2D eigenvalue weighted by Crippen LogP contribution is -2.46. The van der Waals surface area contributed by atoms with Gasteiger partial charge in [-0.05, 0) is 11.1 Å². The number of thiazole rings is 1. The van der Waals surface area contributed by atoms with Gasteiger partial charge in [0, 0.05) is 24.1 Å². The lowest BCUT2D eigenvalue weighted by Gasteiger charge is -2.27. The van der Waals surface area contributed by atoms with E-state index in [4.69, 9.17) is 0 Å². The number of nitrogens with zero attached hydrogens (tertiary/aromatic N) is 3. The van der Waals surface area contributed by atoms with Crippen molar-refractivity contribution in [2.75, 3.05) is 0 Å². The number of hydrogen-bond acceptors (Lipinski definition) is 5. The predicted molar refractivity (Wildman–Crippen MR) is 117 cm³/mol. The summed E-state index contributed by atoms with van der Waals surface area (Å²) in [4.78, 5) is 45.0. The van der Waals surface area contributed by atoms with E-state index in [9.17, 15) is 14.4 Å². The van der Waals surface area contributed by atoms with Crippen molar-refractivity contribution >= 4 is 28.2 Å². The van der Waals surface area contributed by atoms with Crippen LogP contribution in [0.5, 0.6) is 0 Å². The van der Waals surface area contributed by atoms with E-state index in [1.807, 2.05) is 60.7 Å². The molecule has 1 atom stereocenters. The van der Waals surface area contributed by atoms with E-state index in [-0.39, 0.29) is 18.0 Å². The Bertz CT molecular complexity index is 1330. The minimum Gasteiger partial charge on any atom is -0.319 e. The summed E-state index contributed by atoms with van der Waals surface area (Å²) >= 11 is 1.32. The van der Waals surface area contributed by atoms with Crippen LogP contribution in [0.1, 0.15) is 16.8 Å². The molecule has 7 nitrogen and oxygen atoms in total. The number of benzene rings is 2. The van der Waals surface area contributed by atoms with Crippen molar-refractivity contribution in [1.29, 1.82) is 0 Å². The van der Waals surface area contributed by atoms with E-state index >= 15 is 0 Å². The summed E-state index contributed by atoms with van der Waals surface area (Å²) in [7, 11) is 0. The van der Waals surface area contributed by atoms with Gasteiger partial charge in [-0.3, -0.25) is 18.9 Å². The fraction of sp³-hybridized carbons (Fsp3) is 0.130. The van der Waals surface area contributed by atoms with Crippen LogP contribution in [0.2, 0.25) is 0 Å². The monoisotopic (exact) mass is 430 g/mol. The first-order valence-electron chi connectivity index (χ1n) is 9.76. The highest BCUT2D eigenvalue weighted by Gasteiger charge is 2.52. The Morgan fingerprint density at radius 2 is 1.68 bits per heavy atom. The number of hydrogen-bond donors (Lipinski definition) is 1. The molecule has 8 heteroatoms. The van der Waals surface area contributed by atoms with E-state index in [0.717, 1.165) is 10.5 Å². The van der Waals surface area contributed by atoms with Crippen LogP contribution in [0.4, 0.5) is 4.79 Å². The maximum atomic E-state index is 13.7. The van der Waals surface area contributed by atoms with Gasteiger partial charge in [0.1, 0.15) is 0 Å². The summed E-state index contributed by atoms with van der Waals surface area (Å²) in [6.45, 7) is -0.0717. The van der Waals surface area contributed by atoms with Gasteiger partial charge in [0.2, 0.25) is 0 Å². The molecule has 3 amide bonds. The second-order valence-corrected chi connectivity index (χ2v) is 8.27. The average Bonchev–Trinajstić information content (AvgIpc) is 3.35. The van der Waals surface area contributed by atoms with Gasteiger partial charge in [0.25, 0.3) is 11.5 Å². The van der Waals surface area contributed by atoms with Crippen LogP contribution >= 0.6 is 11.3 Å². The summed E-state index contributed by atoms with van der Waals surface area (Å²) < 4.78 is 1.43. The molecule has 5 rings (SSSR count). The quantitative estimate of drug-likeness (QED) is 0.494. The van der Waals surface area contributed by atoms with Crippen molar-refractivity contribution in [3.8, 4) is 0 Å². The predicted octanol–water partition coefficient (Wildman–Crippen LogP) is 2.95. The first kappa shape index (κ1) is 19.2. The molecule has 1 aliphatic rings. The maximum absolute atomic E-state index is 13.7. The molecular formula is C23H18N4O3S. The van der Waals surface area contributed by atoms with Crippen molar-refractivity contribution < 1.29 is 9.59 Å². The molecule has 0 spiro atoms. The van der Waals surface area contributed by atoms with Crippen molar-refractivity contribution in [2.45, 2.75) is 18.5 Å². The molecule has 31 heavy (non-hydrogen) atoms. The third-order valence-corrected chi connectivity index (χ3v) is 6.19. The highest BCUT2D eigenvalue weighted by molar-refractivity contribution is 7.15. The number of nitrogens with one attached hydrogen (secondary N) is 1. The van der Waals surface area contributed by atoms with Crippen LogP contribution in [0.3, 0.4) is 0 Å². The number of carbonyl (C=O) groups is 2. The van der Waals surface area contributed by atoms with Crippen LogP contribution in [0, 0.1) is 0 Å². The lowest BCUT2D eigenvalue weighted by molar-refractivity contribution is -0.132. The number of carbonyl (C=O) groups excluding carboxylic acids is 2. The molecule has 4 aromatic rings. The number of amides is 3. The molecule has 154 valence electrons. The number of urea groups is 1. The topological polar surface area (TPSA) is 83.8 Å². The Kier molecular flexibility index (Phi) is 4.63. The van der Waals surface area contributed by atoms with Gasteiger partial charge >= 0.3 is 6.03 Å². The minimum absolute atomic E-state index is 0.0717. The van der Waals surface area contributed by atoms with E-state index in [1.54, 1.807) is 11.6 Å². The maximum Gasteiger partial charge on any atom is 0.325 e. The Labute approximate surface area is 181 Å². The minimum atomic E-state index is -1.22. The highest BCUT2D eigenvalue weighted by Crippen LogP contribution is 2.33. The fourth-order valence-corrected chi connectivity index (χ4v) is 4.68. The second kappa shape index (κ2) is 7.48. The molecule has 0 radical (unpaired) electrons. The summed E-state index contributed by atoms with van der Waals surface area (Å²) in [5, 5.41) is 4.69. The van der Waals surface area contributed by atoms with Crippen LogP contribution < -0.4 is 10.9 Å². The second-order valence-electron chi connectivity index (χ2n) is 7.40. The van der Waals surface area contributed by atoms with E-state index in [1.165, 1.54) is 21.8 Å². The number of imide groups is 1. The molecular weight excluding hydrogens is 412 g/mol. The molecule has 1 unspecified atom stereocenters. The standard InChI is InChI=1S/C23H18N4O3S/c28-19-13-18(24-22-26(19)11-12-31-22)15-27-20(29)23(25-21(27)30,17-9-5-2-6-10-17)14-16-7-3-1-4-8-16/h1-13H,14-15H2,(H,25,30). The van der Waals surface area contributed by atoms with E-state index < -0.39 is 11.6 Å². The van der Waals surface area contributed by atoms with Crippen LogP contribution in [0.15, 0.2) is 83.1 Å².